The highest BCUT2D eigenvalue weighted by Gasteiger charge is 2.29. The van der Waals surface area contributed by atoms with E-state index >= 15 is 0 Å². The molecule has 0 radical (unpaired) electrons. The molecule has 140 valence electrons. The zero-order valence-electron chi connectivity index (χ0n) is 14.4. The van der Waals surface area contributed by atoms with E-state index in [0.29, 0.717) is 24.6 Å². The summed E-state index contributed by atoms with van der Waals surface area (Å²) in [5, 5.41) is 15.7. The first-order chi connectivity index (χ1) is 12.4. The number of alkyl halides is 3. The van der Waals surface area contributed by atoms with Crippen LogP contribution in [-0.2, 0) is 12.7 Å². The molecule has 0 aliphatic heterocycles. The lowest BCUT2D eigenvalue weighted by molar-refractivity contribution is -0.137. The van der Waals surface area contributed by atoms with E-state index in [0.717, 1.165) is 17.7 Å². The molecule has 0 aliphatic rings. The van der Waals surface area contributed by atoms with Gasteiger partial charge in [-0.15, -0.1) is 0 Å². The van der Waals surface area contributed by atoms with E-state index in [1.165, 1.54) is 12.1 Å². The van der Waals surface area contributed by atoms with E-state index < -0.39 is 11.7 Å². The summed E-state index contributed by atoms with van der Waals surface area (Å²) in [4.78, 5) is 4.09. The summed E-state index contributed by atoms with van der Waals surface area (Å²) in [6.07, 6.45) is -4.33. The Balaban J connectivity index is 1.87. The Morgan fingerprint density at radius 1 is 1.04 bits per heavy atom. The Labute approximate surface area is 150 Å². The first-order valence-electron chi connectivity index (χ1n) is 8.20. The van der Waals surface area contributed by atoms with Crippen LogP contribution in [0.1, 0.15) is 22.6 Å². The van der Waals surface area contributed by atoms with Gasteiger partial charge in [-0.3, -0.25) is 4.99 Å². The molecule has 0 heterocycles. The maximum atomic E-state index is 12.6. The lowest BCUT2D eigenvalue weighted by Gasteiger charge is -2.18. The van der Waals surface area contributed by atoms with Crippen LogP contribution in [0.5, 0.6) is 0 Å². The average molecular weight is 365 g/mol. The second kappa shape index (κ2) is 9.24. The zero-order chi connectivity index (χ0) is 19.0. The molecular weight excluding hydrogens is 343 g/mol. The minimum Gasteiger partial charge on any atom is -0.396 e. The number of guanidine groups is 1. The minimum absolute atomic E-state index is 0.00703. The predicted molar refractivity (Wildman–Crippen MR) is 95.9 cm³/mol. The SMILES string of the molecule is CN=C(NCc1ccc(C(F)(F)F)cc1)NCC(CO)c1ccccc1. The number of nitrogens with zero attached hydrogens (tertiary/aromatic N) is 1. The molecule has 0 fully saturated rings. The molecule has 4 nitrogen and oxygen atoms in total. The van der Waals surface area contributed by atoms with Crippen LogP contribution in [0.25, 0.3) is 0 Å². The number of aliphatic hydroxyl groups is 1. The van der Waals surface area contributed by atoms with Crippen molar-refractivity contribution in [1.82, 2.24) is 10.6 Å². The van der Waals surface area contributed by atoms with Crippen molar-refractivity contribution in [2.75, 3.05) is 20.2 Å². The molecule has 7 heteroatoms. The number of benzene rings is 2. The minimum atomic E-state index is -4.33. The fourth-order valence-electron chi connectivity index (χ4n) is 2.45. The molecule has 0 aliphatic carbocycles. The second-order valence-corrected chi connectivity index (χ2v) is 5.79. The first-order valence-corrected chi connectivity index (χ1v) is 8.20. The van der Waals surface area contributed by atoms with Crippen molar-refractivity contribution < 1.29 is 18.3 Å². The van der Waals surface area contributed by atoms with E-state index in [1.54, 1.807) is 7.05 Å². The van der Waals surface area contributed by atoms with Gasteiger partial charge in [0.25, 0.3) is 0 Å². The van der Waals surface area contributed by atoms with E-state index in [4.69, 9.17) is 0 Å². The van der Waals surface area contributed by atoms with Gasteiger partial charge in [0.05, 0.1) is 12.2 Å². The van der Waals surface area contributed by atoms with Crippen molar-refractivity contribution in [2.45, 2.75) is 18.6 Å². The van der Waals surface area contributed by atoms with E-state index in [-0.39, 0.29) is 12.5 Å². The number of rotatable bonds is 6. The molecule has 26 heavy (non-hydrogen) atoms. The third-order valence-electron chi connectivity index (χ3n) is 3.97. The van der Waals surface area contributed by atoms with Crippen molar-refractivity contribution >= 4 is 5.96 Å². The van der Waals surface area contributed by atoms with Gasteiger partial charge in [0, 0.05) is 26.1 Å². The molecule has 0 bridgehead atoms. The van der Waals surface area contributed by atoms with Gasteiger partial charge in [0.15, 0.2) is 5.96 Å². The first kappa shape index (κ1) is 19.8. The standard InChI is InChI=1S/C19H22F3N3O/c1-23-18(25-12-16(13-26)15-5-3-2-4-6-15)24-11-14-7-9-17(10-8-14)19(20,21)22/h2-10,16,26H,11-13H2,1H3,(H2,23,24,25). The van der Waals surface area contributed by atoms with Crippen LogP contribution in [0.15, 0.2) is 59.6 Å². The maximum absolute atomic E-state index is 12.6. The van der Waals surface area contributed by atoms with Crippen LogP contribution in [0.4, 0.5) is 13.2 Å². The highest BCUT2D eigenvalue weighted by Crippen LogP contribution is 2.29. The van der Waals surface area contributed by atoms with Gasteiger partial charge in [0.1, 0.15) is 0 Å². The Morgan fingerprint density at radius 3 is 2.23 bits per heavy atom. The molecule has 0 saturated heterocycles. The van der Waals surface area contributed by atoms with E-state index in [1.807, 2.05) is 30.3 Å². The predicted octanol–water partition coefficient (Wildman–Crippen LogP) is 3.15. The Morgan fingerprint density at radius 2 is 1.69 bits per heavy atom. The van der Waals surface area contributed by atoms with Crippen LogP contribution in [-0.4, -0.2) is 31.3 Å². The number of halogens is 3. The Kier molecular flexibility index (Phi) is 7.03. The topological polar surface area (TPSA) is 56.7 Å². The smallest absolute Gasteiger partial charge is 0.396 e. The van der Waals surface area contributed by atoms with Crippen molar-refractivity contribution in [3.63, 3.8) is 0 Å². The summed E-state index contributed by atoms with van der Waals surface area (Å²) < 4.78 is 37.7. The van der Waals surface area contributed by atoms with Crippen molar-refractivity contribution in [3.05, 3.63) is 71.3 Å². The maximum Gasteiger partial charge on any atom is 0.416 e. The Hall–Kier alpha value is -2.54. The van der Waals surface area contributed by atoms with E-state index in [2.05, 4.69) is 15.6 Å². The van der Waals surface area contributed by atoms with Gasteiger partial charge < -0.3 is 15.7 Å². The number of hydrogen-bond donors (Lipinski definition) is 3. The summed E-state index contributed by atoms with van der Waals surface area (Å²) in [6.45, 7) is 0.813. The second-order valence-electron chi connectivity index (χ2n) is 5.79. The number of aliphatic imine (C=N–C) groups is 1. The molecule has 0 spiro atoms. The fourth-order valence-corrected chi connectivity index (χ4v) is 2.45. The summed E-state index contributed by atoms with van der Waals surface area (Å²) in [5.74, 6) is 0.431. The molecule has 0 saturated carbocycles. The van der Waals surface area contributed by atoms with Gasteiger partial charge in [-0.05, 0) is 23.3 Å². The van der Waals surface area contributed by atoms with Crippen molar-refractivity contribution in [3.8, 4) is 0 Å². The number of nitrogens with one attached hydrogen (secondary N) is 2. The van der Waals surface area contributed by atoms with Crippen molar-refractivity contribution in [1.29, 1.82) is 0 Å². The summed E-state index contributed by atoms with van der Waals surface area (Å²) >= 11 is 0. The third-order valence-corrected chi connectivity index (χ3v) is 3.97. The summed E-state index contributed by atoms with van der Waals surface area (Å²) in [5.41, 5.74) is 1.06. The van der Waals surface area contributed by atoms with Crippen LogP contribution in [0.2, 0.25) is 0 Å². The average Bonchev–Trinajstić information content (AvgIpc) is 2.65. The third kappa shape index (κ3) is 5.77. The normalized spacial score (nSPS) is 13.3. The summed E-state index contributed by atoms with van der Waals surface area (Å²) in [6, 6.07) is 14.6. The van der Waals surface area contributed by atoms with Gasteiger partial charge >= 0.3 is 6.18 Å². The quantitative estimate of drug-likeness (QED) is 0.545. The highest BCUT2D eigenvalue weighted by molar-refractivity contribution is 5.79. The highest BCUT2D eigenvalue weighted by atomic mass is 19.4. The van der Waals surface area contributed by atoms with E-state index in [9.17, 15) is 18.3 Å². The van der Waals surface area contributed by atoms with Gasteiger partial charge in [-0.25, -0.2) is 0 Å². The zero-order valence-corrected chi connectivity index (χ0v) is 14.4. The molecule has 2 aromatic carbocycles. The molecule has 3 N–H and O–H groups in total. The fraction of sp³-hybridized carbons (Fsp3) is 0.316. The summed E-state index contributed by atoms with van der Waals surface area (Å²) in [7, 11) is 1.61. The van der Waals surface area contributed by atoms with Crippen LogP contribution in [0, 0.1) is 0 Å². The van der Waals surface area contributed by atoms with Crippen LogP contribution >= 0.6 is 0 Å². The largest absolute Gasteiger partial charge is 0.416 e. The monoisotopic (exact) mass is 365 g/mol. The van der Waals surface area contributed by atoms with Gasteiger partial charge in [-0.1, -0.05) is 42.5 Å². The molecule has 1 unspecified atom stereocenters. The number of hydrogen-bond acceptors (Lipinski definition) is 2. The van der Waals surface area contributed by atoms with Crippen molar-refractivity contribution in [2.24, 2.45) is 4.99 Å². The molecular formula is C19H22F3N3O. The lowest BCUT2D eigenvalue weighted by atomic mass is 10.0. The van der Waals surface area contributed by atoms with Crippen LogP contribution in [0.3, 0.4) is 0 Å². The van der Waals surface area contributed by atoms with Gasteiger partial charge in [-0.2, -0.15) is 13.2 Å². The number of aliphatic hydroxyl groups excluding tert-OH is 1. The van der Waals surface area contributed by atoms with Gasteiger partial charge in [0.2, 0.25) is 0 Å². The molecule has 2 aromatic rings. The lowest BCUT2D eigenvalue weighted by Crippen LogP contribution is -2.39. The molecule has 2 rings (SSSR count). The Bertz CT molecular complexity index is 700. The molecule has 0 amide bonds. The molecule has 0 aromatic heterocycles. The molecule has 1 atom stereocenters. The van der Waals surface area contributed by atoms with Crippen LogP contribution < -0.4 is 10.6 Å².